The van der Waals surface area contributed by atoms with Crippen molar-refractivity contribution in [3.63, 3.8) is 0 Å². The third kappa shape index (κ3) is 3.88. The van der Waals surface area contributed by atoms with Crippen LogP contribution in [0.1, 0.15) is 10.4 Å². The van der Waals surface area contributed by atoms with E-state index in [9.17, 15) is 4.79 Å². The third-order valence-electron chi connectivity index (χ3n) is 2.17. The lowest BCUT2D eigenvalue weighted by Gasteiger charge is -2.05. The summed E-state index contributed by atoms with van der Waals surface area (Å²) in [5, 5.41) is 15.7. The average Bonchev–Trinajstić information content (AvgIpc) is 2.81. The number of carbonyl (C=O) groups is 1. The molecule has 100 valence electrons. The Labute approximate surface area is 113 Å². The van der Waals surface area contributed by atoms with E-state index in [-0.39, 0.29) is 11.5 Å². The predicted molar refractivity (Wildman–Crippen MR) is 70.4 cm³/mol. The fourth-order valence-corrected chi connectivity index (χ4v) is 1.93. The highest BCUT2D eigenvalue weighted by molar-refractivity contribution is 7.99. The Morgan fingerprint density at radius 1 is 1.42 bits per heavy atom. The first-order valence-corrected chi connectivity index (χ1v) is 6.40. The molecule has 0 amide bonds. The van der Waals surface area contributed by atoms with Crippen molar-refractivity contribution in [2.75, 3.05) is 18.1 Å². The number of carboxylic acid groups (broad SMARTS) is 1. The maximum Gasteiger partial charge on any atom is 0.335 e. The Morgan fingerprint density at radius 2 is 2.16 bits per heavy atom. The number of hydrogen-bond acceptors (Lipinski definition) is 6. The van der Waals surface area contributed by atoms with Gasteiger partial charge in [-0.2, -0.15) is 4.98 Å². The quantitative estimate of drug-likeness (QED) is 0.539. The summed E-state index contributed by atoms with van der Waals surface area (Å²) < 4.78 is 5.46. The molecule has 0 aliphatic carbocycles. The van der Waals surface area contributed by atoms with Crippen LogP contribution in [0.3, 0.4) is 0 Å². The lowest BCUT2D eigenvalue weighted by molar-refractivity contribution is 0.0697. The normalized spacial score (nSPS) is 10.3. The summed E-state index contributed by atoms with van der Waals surface area (Å²) in [6, 6.07) is 6.25. The van der Waals surface area contributed by atoms with E-state index >= 15 is 0 Å². The summed E-state index contributed by atoms with van der Waals surface area (Å²) in [6.45, 7) is 0.464. The number of nitrogen functional groups attached to an aromatic ring is 1. The molecule has 0 fully saturated rings. The van der Waals surface area contributed by atoms with Gasteiger partial charge < -0.3 is 15.6 Å². The lowest BCUT2D eigenvalue weighted by atomic mass is 10.2. The first kappa shape index (κ1) is 13.2. The molecular weight excluding hydrogens is 268 g/mol. The molecule has 0 spiro atoms. The van der Waals surface area contributed by atoms with E-state index in [2.05, 4.69) is 15.2 Å². The first-order chi connectivity index (χ1) is 9.15. The predicted octanol–water partition coefficient (Wildman–Crippen LogP) is 1.26. The number of anilines is 1. The third-order valence-corrected chi connectivity index (χ3v) is 2.98. The minimum Gasteiger partial charge on any atom is -0.493 e. The van der Waals surface area contributed by atoms with Crippen LogP contribution in [0.4, 0.5) is 5.95 Å². The Morgan fingerprint density at radius 3 is 2.74 bits per heavy atom. The van der Waals surface area contributed by atoms with E-state index in [4.69, 9.17) is 15.6 Å². The zero-order valence-electron chi connectivity index (χ0n) is 9.87. The van der Waals surface area contributed by atoms with Crippen molar-refractivity contribution in [2.24, 2.45) is 0 Å². The van der Waals surface area contributed by atoms with Gasteiger partial charge in [0.1, 0.15) is 5.75 Å². The number of ether oxygens (including phenoxy) is 1. The molecule has 0 unspecified atom stereocenters. The fourth-order valence-electron chi connectivity index (χ4n) is 1.31. The van der Waals surface area contributed by atoms with Crippen molar-refractivity contribution < 1.29 is 14.6 Å². The van der Waals surface area contributed by atoms with E-state index in [0.29, 0.717) is 23.3 Å². The van der Waals surface area contributed by atoms with Crippen LogP contribution in [0.5, 0.6) is 5.75 Å². The number of benzene rings is 1. The highest BCUT2D eigenvalue weighted by Crippen LogP contribution is 2.15. The first-order valence-electron chi connectivity index (χ1n) is 5.42. The summed E-state index contributed by atoms with van der Waals surface area (Å²) >= 11 is 1.42. The van der Waals surface area contributed by atoms with Crippen molar-refractivity contribution in [1.82, 2.24) is 15.2 Å². The van der Waals surface area contributed by atoms with Gasteiger partial charge in [0, 0.05) is 5.75 Å². The van der Waals surface area contributed by atoms with Crippen LogP contribution in [0, 0.1) is 0 Å². The van der Waals surface area contributed by atoms with Gasteiger partial charge in [-0.1, -0.05) is 11.8 Å². The van der Waals surface area contributed by atoms with Crippen LogP contribution >= 0.6 is 11.8 Å². The van der Waals surface area contributed by atoms with Gasteiger partial charge in [-0.25, -0.2) is 9.89 Å². The van der Waals surface area contributed by atoms with E-state index < -0.39 is 5.97 Å². The number of hydrogen-bond donors (Lipinski definition) is 3. The van der Waals surface area contributed by atoms with Gasteiger partial charge in [0.25, 0.3) is 0 Å². The van der Waals surface area contributed by atoms with Crippen molar-refractivity contribution in [1.29, 1.82) is 0 Å². The standard InChI is InChI=1S/C11H12N4O3S/c12-10-13-11(15-14-10)19-6-5-18-8-3-1-7(2-4-8)9(16)17/h1-4H,5-6H2,(H,16,17)(H3,12,13,14,15). The molecular formula is C11H12N4O3S. The Kier molecular flexibility index (Phi) is 4.24. The molecule has 1 heterocycles. The van der Waals surface area contributed by atoms with Crippen LogP contribution in [0.15, 0.2) is 29.4 Å². The maximum atomic E-state index is 10.7. The molecule has 7 nitrogen and oxygen atoms in total. The number of nitrogens with two attached hydrogens (primary N) is 1. The lowest BCUT2D eigenvalue weighted by Crippen LogP contribution is -2.01. The molecule has 0 aliphatic rings. The minimum absolute atomic E-state index is 0.234. The number of carboxylic acids is 1. The van der Waals surface area contributed by atoms with Crippen molar-refractivity contribution in [2.45, 2.75) is 5.16 Å². The van der Waals surface area contributed by atoms with Gasteiger partial charge in [0.2, 0.25) is 11.1 Å². The molecule has 2 rings (SSSR count). The largest absolute Gasteiger partial charge is 0.493 e. The molecule has 0 saturated carbocycles. The smallest absolute Gasteiger partial charge is 0.335 e. The molecule has 0 saturated heterocycles. The highest BCUT2D eigenvalue weighted by Gasteiger charge is 2.03. The number of rotatable bonds is 6. The average molecular weight is 280 g/mol. The monoisotopic (exact) mass is 280 g/mol. The summed E-state index contributed by atoms with van der Waals surface area (Å²) in [6.07, 6.45) is 0. The molecule has 2 aromatic rings. The number of nitrogens with one attached hydrogen (secondary N) is 1. The second-order valence-electron chi connectivity index (χ2n) is 3.53. The molecule has 0 atom stereocenters. The van der Waals surface area contributed by atoms with E-state index in [1.54, 1.807) is 12.1 Å². The Bertz CT molecular complexity index is 555. The summed E-state index contributed by atoms with van der Waals surface area (Å²) in [5.41, 5.74) is 5.62. The molecule has 0 radical (unpaired) electrons. The SMILES string of the molecule is Nc1nc(SCCOc2ccc(C(=O)O)cc2)n[nH]1. The van der Waals surface area contributed by atoms with Gasteiger partial charge in [-0.15, -0.1) is 5.10 Å². The number of aromatic nitrogens is 3. The van der Waals surface area contributed by atoms with Crippen LogP contribution in [-0.2, 0) is 0 Å². The van der Waals surface area contributed by atoms with E-state index in [0.717, 1.165) is 0 Å². The van der Waals surface area contributed by atoms with Gasteiger partial charge in [-0.05, 0) is 24.3 Å². The number of aromatic amines is 1. The number of aromatic carboxylic acids is 1. The summed E-state index contributed by atoms with van der Waals surface area (Å²) in [4.78, 5) is 14.6. The van der Waals surface area contributed by atoms with Crippen molar-refractivity contribution >= 4 is 23.7 Å². The van der Waals surface area contributed by atoms with Gasteiger partial charge in [0.15, 0.2) is 0 Å². The van der Waals surface area contributed by atoms with Crippen LogP contribution in [0.25, 0.3) is 0 Å². The Hall–Kier alpha value is -2.22. The molecule has 1 aromatic heterocycles. The molecule has 4 N–H and O–H groups in total. The molecule has 0 bridgehead atoms. The van der Waals surface area contributed by atoms with Crippen LogP contribution in [-0.4, -0.2) is 38.6 Å². The van der Waals surface area contributed by atoms with E-state index in [1.165, 1.54) is 23.9 Å². The summed E-state index contributed by atoms with van der Waals surface area (Å²) in [5.74, 6) is 0.620. The summed E-state index contributed by atoms with van der Waals surface area (Å²) in [7, 11) is 0. The van der Waals surface area contributed by atoms with Crippen LogP contribution in [0.2, 0.25) is 0 Å². The van der Waals surface area contributed by atoms with Crippen LogP contribution < -0.4 is 10.5 Å². The maximum absolute atomic E-state index is 10.7. The molecule has 19 heavy (non-hydrogen) atoms. The number of H-pyrrole nitrogens is 1. The molecule has 1 aromatic carbocycles. The van der Waals surface area contributed by atoms with Gasteiger partial charge in [0.05, 0.1) is 12.2 Å². The molecule has 8 heteroatoms. The number of nitrogens with zero attached hydrogens (tertiary/aromatic N) is 2. The van der Waals surface area contributed by atoms with E-state index in [1.807, 2.05) is 0 Å². The zero-order chi connectivity index (χ0) is 13.7. The van der Waals surface area contributed by atoms with Crippen molar-refractivity contribution in [3.05, 3.63) is 29.8 Å². The topological polar surface area (TPSA) is 114 Å². The fraction of sp³-hybridized carbons (Fsp3) is 0.182. The zero-order valence-corrected chi connectivity index (χ0v) is 10.7. The highest BCUT2D eigenvalue weighted by atomic mass is 32.2. The van der Waals surface area contributed by atoms with Crippen molar-refractivity contribution in [3.8, 4) is 5.75 Å². The number of thioether (sulfide) groups is 1. The van der Waals surface area contributed by atoms with Gasteiger partial charge >= 0.3 is 5.97 Å². The second kappa shape index (κ2) is 6.10. The minimum atomic E-state index is -0.954. The Balaban J connectivity index is 1.75. The molecule has 0 aliphatic heterocycles. The second-order valence-corrected chi connectivity index (χ2v) is 4.59. The van der Waals surface area contributed by atoms with Gasteiger partial charge in [-0.3, -0.25) is 0 Å².